The van der Waals surface area contributed by atoms with Crippen LogP contribution in [0.25, 0.3) is 0 Å². The van der Waals surface area contributed by atoms with Gasteiger partial charge in [0.1, 0.15) is 12.4 Å². The highest BCUT2D eigenvalue weighted by Gasteiger charge is 1.94. The first-order valence-corrected chi connectivity index (χ1v) is 7.57. The lowest BCUT2D eigenvalue weighted by Crippen LogP contribution is -2.22. The zero-order valence-corrected chi connectivity index (χ0v) is 11.7. The Hall–Kier alpha value is -0.670. The zero-order valence-electron chi connectivity index (χ0n) is 10.9. The van der Waals surface area contributed by atoms with Crippen molar-refractivity contribution in [2.75, 3.05) is 26.0 Å². The van der Waals surface area contributed by atoms with E-state index in [0.29, 0.717) is 0 Å². The van der Waals surface area contributed by atoms with Crippen molar-refractivity contribution in [1.29, 1.82) is 0 Å². The molecule has 1 aromatic rings. The van der Waals surface area contributed by atoms with Gasteiger partial charge in [-0.15, -0.1) is 11.8 Å². The van der Waals surface area contributed by atoms with E-state index in [1.807, 2.05) is 12.1 Å². The number of hydrogen-bond donors (Lipinski definition) is 1. The molecule has 0 amide bonds. The van der Waals surface area contributed by atoms with E-state index in [1.165, 1.54) is 24.2 Å². The van der Waals surface area contributed by atoms with Gasteiger partial charge in [-0.3, -0.25) is 0 Å². The fourth-order valence-electron chi connectivity index (χ4n) is 1.54. The summed E-state index contributed by atoms with van der Waals surface area (Å²) in [6.07, 6.45) is 5.93. The summed E-state index contributed by atoms with van der Waals surface area (Å²) in [6.45, 7) is 4.99. The second-order valence-electron chi connectivity index (χ2n) is 3.98. The van der Waals surface area contributed by atoms with E-state index in [1.54, 1.807) is 11.8 Å². The highest BCUT2D eigenvalue weighted by Crippen LogP contribution is 2.18. The molecule has 0 spiro atoms. The van der Waals surface area contributed by atoms with Gasteiger partial charge in [-0.05, 0) is 43.5 Å². The predicted molar refractivity (Wildman–Crippen MR) is 76.1 cm³/mol. The molecule has 0 fully saturated rings. The standard InChI is InChI=1S/C14H23NOS/c1-3-4-5-10-15-11-12-16-13-6-8-14(17-2)9-7-13/h6-9,15H,3-5,10-12H2,1-2H3. The average molecular weight is 253 g/mol. The lowest BCUT2D eigenvalue weighted by Gasteiger charge is -2.07. The predicted octanol–water partition coefficient (Wildman–Crippen LogP) is 3.57. The first kappa shape index (κ1) is 14.4. The van der Waals surface area contributed by atoms with Crippen LogP contribution in [0.1, 0.15) is 26.2 Å². The topological polar surface area (TPSA) is 21.3 Å². The molecule has 2 nitrogen and oxygen atoms in total. The highest BCUT2D eigenvalue weighted by atomic mass is 32.2. The Morgan fingerprint density at radius 2 is 1.88 bits per heavy atom. The van der Waals surface area contributed by atoms with Crippen LogP contribution in [0.2, 0.25) is 0 Å². The van der Waals surface area contributed by atoms with E-state index in [-0.39, 0.29) is 0 Å². The van der Waals surface area contributed by atoms with Crippen molar-refractivity contribution in [1.82, 2.24) is 5.32 Å². The number of unbranched alkanes of at least 4 members (excludes halogenated alkanes) is 2. The van der Waals surface area contributed by atoms with E-state index in [4.69, 9.17) is 4.74 Å². The first-order valence-electron chi connectivity index (χ1n) is 6.34. The van der Waals surface area contributed by atoms with Crippen molar-refractivity contribution in [2.24, 2.45) is 0 Å². The molecule has 0 aromatic heterocycles. The van der Waals surface area contributed by atoms with Crippen LogP contribution in [-0.2, 0) is 0 Å². The maximum absolute atomic E-state index is 5.64. The fourth-order valence-corrected chi connectivity index (χ4v) is 1.95. The summed E-state index contributed by atoms with van der Waals surface area (Å²) in [5.74, 6) is 0.957. The van der Waals surface area contributed by atoms with Gasteiger partial charge in [0.15, 0.2) is 0 Å². The lowest BCUT2D eigenvalue weighted by atomic mass is 10.2. The van der Waals surface area contributed by atoms with E-state index < -0.39 is 0 Å². The van der Waals surface area contributed by atoms with Crippen LogP contribution >= 0.6 is 11.8 Å². The summed E-state index contributed by atoms with van der Waals surface area (Å²) < 4.78 is 5.64. The quantitative estimate of drug-likeness (QED) is 0.537. The minimum absolute atomic E-state index is 0.741. The van der Waals surface area contributed by atoms with E-state index in [9.17, 15) is 0 Å². The molecule has 96 valence electrons. The SMILES string of the molecule is CCCCCNCCOc1ccc(SC)cc1. The van der Waals surface area contributed by atoms with Crippen molar-refractivity contribution in [3.8, 4) is 5.75 Å². The van der Waals surface area contributed by atoms with E-state index >= 15 is 0 Å². The molecule has 3 heteroatoms. The van der Waals surface area contributed by atoms with Crippen LogP contribution in [0.5, 0.6) is 5.75 Å². The van der Waals surface area contributed by atoms with Gasteiger partial charge in [0.25, 0.3) is 0 Å². The molecule has 0 unspecified atom stereocenters. The van der Waals surface area contributed by atoms with Gasteiger partial charge in [0.05, 0.1) is 0 Å². The number of hydrogen-bond acceptors (Lipinski definition) is 3. The Bertz CT molecular complexity index is 287. The second-order valence-corrected chi connectivity index (χ2v) is 4.86. The molecule has 17 heavy (non-hydrogen) atoms. The number of thioether (sulfide) groups is 1. The molecule has 0 aliphatic rings. The lowest BCUT2D eigenvalue weighted by molar-refractivity contribution is 0.313. The summed E-state index contributed by atoms with van der Waals surface area (Å²) in [5, 5.41) is 3.38. The van der Waals surface area contributed by atoms with Gasteiger partial charge < -0.3 is 10.1 Å². The van der Waals surface area contributed by atoms with Crippen LogP contribution in [0, 0.1) is 0 Å². The Kier molecular flexibility index (Phi) is 7.93. The summed E-state index contributed by atoms with van der Waals surface area (Å²) in [4.78, 5) is 1.27. The first-order chi connectivity index (χ1) is 8.36. The molecule has 0 saturated heterocycles. The molecular weight excluding hydrogens is 230 g/mol. The summed E-state index contributed by atoms with van der Waals surface area (Å²) >= 11 is 1.75. The molecule has 1 rings (SSSR count). The molecule has 0 bridgehead atoms. The van der Waals surface area contributed by atoms with Crippen molar-refractivity contribution in [3.05, 3.63) is 24.3 Å². The van der Waals surface area contributed by atoms with Gasteiger partial charge in [0.2, 0.25) is 0 Å². The van der Waals surface area contributed by atoms with E-state index in [2.05, 4.69) is 30.6 Å². The smallest absolute Gasteiger partial charge is 0.119 e. The zero-order chi connectivity index (χ0) is 12.3. The maximum Gasteiger partial charge on any atom is 0.119 e. The molecule has 0 saturated carbocycles. The molecule has 0 heterocycles. The number of benzene rings is 1. The van der Waals surface area contributed by atoms with Crippen LogP contribution in [0.3, 0.4) is 0 Å². The second kappa shape index (κ2) is 9.37. The van der Waals surface area contributed by atoms with Gasteiger partial charge in [0, 0.05) is 11.4 Å². The molecule has 0 aliphatic heterocycles. The molecule has 0 radical (unpaired) electrons. The average Bonchev–Trinajstić information content (AvgIpc) is 2.38. The van der Waals surface area contributed by atoms with Gasteiger partial charge in [-0.1, -0.05) is 19.8 Å². The summed E-state index contributed by atoms with van der Waals surface area (Å²) in [5.41, 5.74) is 0. The number of ether oxygens (including phenoxy) is 1. The van der Waals surface area contributed by atoms with Crippen molar-refractivity contribution < 1.29 is 4.74 Å². The van der Waals surface area contributed by atoms with Crippen LogP contribution in [0.4, 0.5) is 0 Å². The summed E-state index contributed by atoms with van der Waals surface area (Å²) in [7, 11) is 0. The van der Waals surface area contributed by atoms with Crippen LogP contribution in [0.15, 0.2) is 29.2 Å². The Labute approximate surface area is 109 Å². The van der Waals surface area contributed by atoms with Gasteiger partial charge >= 0.3 is 0 Å². The Morgan fingerprint density at radius 3 is 2.53 bits per heavy atom. The molecule has 0 atom stereocenters. The van der Waals surface area contributed by atoms with Crippen LogP contribution in [-0.4, -0.2) is 26.0 Å². The third-order valence-corrected chi connectivity index (χ3v) is 3.31. The van der Waals surface area contributed by atoms with Gasteiger partial charge in [-0.2, -0.15) is 0 Å². The van der Waals surface area contributed by atoms with Crippen molar-refractivity contribution in [3.63, 3.8) is 0 Å². The minimum Gasteiger partial charge on any atom is -0.492 e. The minimum atomic E-state index is 0.741. The summed E-state index contributed by atoms with van der Waals surface area (Å²) in [6, 6.07) is 8.25. The Balaban J connectivity index is 2.05. The maximum atomic E-state index is 5.64. The molecule has 1 N–H and O–H groups in total. The van der Waals surface area contributed by atoms with Crippen LogP contribution < -0.4 is 10.1 Å². The van der Waals surface area contributed by atoms with Gasteiger partial charge in [-0.25, -0.2) is 0 Å². The number of rotatable bonds is 9. The van der Waals surface area contributed by atoms with Crippen molar-refractivity contribution >= 4 is 11.8 Å². The van der Waals surface area contributed by atoms with Crippen molar-refractivity contribution in [2.45, 2.75) is 31.1 Å². The molecular formula is C14H23NOS. The number of nitrogens with one attached hydrogen (secondary N) is 1. The van der Waals surface area contributed by atoms with E-state index in [0.717, 1.165) is 25.4 Å². The third-order valence-electron chi connectivity index (χ3n) is 2.56. The molecule has 1 aromatic carbocycles. The highest BCUT2D eigenvalue weighted by molar-refractivity contribution is 7.98. The largest absolute Gasteiger partial charge is 0.492 e. The Morgan fingerprint density at radius 1 is 1.12 bits per heavy atom. The normalized spacial score (nSPS) is 10.5. The molecule has 0 aliphatic carbocycles. The fraction of sp³-hybridized carbons (Fsp3) is 0.571. The third kappa shape index (κ3) is 6.59. The monoisotopic (exact) mass is 253 g/mol.